The van der Waals surface area contributed by atoms with Crippen LogP contribution < -0.4 is 5.32 Å². The summed E-state index contributed by atoms with van der Waals surface area (Å²) in [6.45, 7) is 3.18. The summed E-state index contributed by atoms with van der Waals surface area (Å²) >= 11 is 4.68. The molecule has 80 valence electrons. The third kappa shape index (κ3) is 3.32. The Bertz CT molecular complexity index is 370. The average molecular weight is 232 g/mol. The number of benzene rings is 1. The second kappa shape index (κ2) is 4.39. The molecule has 0 unspecified atom stereocenters. The summed E-state index contributed by atoms with van der Waals surface area (Å²) < 4.78 is 36.5. The van der Waals surface area contributed by atoms with Crippen LogP contribution in [0.2, 0.25) is 0 Å². The quantitative estimate of drug-likeness (QED) is 0.594. The number of aliphatic imine (C=N–C) groups is 1. The van der Waals surface area contributed by atoms with Crippen molar-refractivity contribution in [1.82, 2.24) is 0 Å². The molecule has 2 nitrogen and oxygen atoms in total. The van der Waals surface area contributed by atoms with E-state index >= 15 is 0 Å². The molecule has 0 amide bonds. The monoisotopic (exact) mass is 232 g/mol. The molecule has 0 aliphatic heterocycles. The Morgan fingerprint density at radius 1 is 1.27 bits per heavy atom. The number of hydrogen-bond acceptors (Lipinski definition) is 1. The number of thiocarbonyl (C=S) groups is 1. The Kier molecular flexibility index (Phi) is 3.41. The highest BCUT2D eigenvalue weighted by atomic mass is 32.1. The van der Waals surface area contributed by atoms with Gasteiger partial charge in [0.25, 0.3) is 0 Å². The third-order valence-corrected chi connectivity index (χ3v) is 1.84. The van der Waals surface area contributed by atoms with E-state index in [9.17, 15) is 13.2 Å². The maximum absolute atomic E-state index is 12.2. The van der Waals surface area contributed by atoms with Gasteiger partial charge in [-0.25, -0.2) is 4.99 Å². The SMILES string of the molecule is C=NC(=S)Nc1ccc(C(F)(F)F)cc1. The van der Waals surface area contributed by atoms with Crippen LogP contribution in [0.4, 0.5) is 18.9 Å². The van der Waals surface area contributed by atoms with Gasteiger partial charge in [-0.3, -0.25) is 0 Å². The molecule has 0 aliphatic rings. The lowest BCUT2D eigenvalue weighted by Gasteiger charge is -2.08. The van der Waals surface area contributed by atoms with Gasteiger partial charge in [0.2, 0.25) is 0 Å². The van der Waals surface area contributed by atoms with E-state index in [1.54, 1.807) is 0 Å². The number of alkyl halides is 3. The Morgan fingerprint density at radius 3 is 2.20 bits per heavy atom. The standard InChI is InChI=1S/C9H7F3N2S/c1-13-8(15)14-7-4-2-6(3-5-7)9(10,11)12/h2-5H,1H2,(H,14,15). The normalized spacial score (nSPS) is 10.9. The highest BCUT2D eigenvalue weighted by Crippen LogP contribution is 2.29. The molecule has 6 heteroatoms. The fourth-order valence-corrected chi connectivity index (χ4v) is 1.02. The van der Waals surface area contributed by atoms with Gasteiger partial charge < -0.3 is 5.32 Å². The minimum Gasteiger partial charge on any atom is -0.331 e. The minimum absolute atomic E-state index is 0.120. The predicted octanol–water partition coefficient (Wildman–Crippen LogP) is 3.10. The van der Waals surface area contributed by atoms with Gasteiger partial charge in [-0.2, -0.15) is 13.2 Å². The van der Waals surface area contributed by atoms with Crippen molar-refractivity contribution in [3.05, 3.63) is 29.8 Å². The van der Waals surface area contributed by atoms with E-state index in [4.69, 9.17) is 0 Å². The summed E-state index contributed by atoms with van der Waals surface area (Å²) in [4.78, 5) is 3.40. The molecule has 0 aromatic heterocycles. The number of anilines is 1. The molecular weight excluding hydrogens is 225 g/mol. The fourth-order valence-electron chi connectivity index (χ4n) is 0.906. The van der Waals surface area contributed by atoms with Crippen LogP contribution in [0.5, 0.6) is 0 Å². The summed E-state index contributed by atoms with van der Waals surface area (Å²) in [5.41, 5.74) is -0.258. The lowest BCUT2D eigenvalue weighted by atomic mass is 10.2. The summed E-state index contributed by atoms with van der Waals surface area (Å²) in [6, 6.07) is 4.49. The van der Waals surface area contributed by atoms with Crippen LogP contribution in [-0.2, 0) is 6.18 Å². The van der Waals surface area contributed by atoms with Crippen LogP contribution in [0.15, 0.2) is 29.3 Å². The van der Waals surface area contributed by atoms with Crippen molar-refractivity contribution in [2.75, 3.05) is 5.32 Å². The number of nitrogens with zero attached hydrogens (tertiary/aromatic N) is 1. The zero-order valence-corrected chi connectivity index (χ0v) is 8.32. The first-order chi connectivity index (χ1) is 6.93. The largest absolute Gasteiger partial charge is 0.416 e. The van der Waals surface area contributed by atoms with Crippen LogP contribution in [0.3, 0.4) is 0 Å². The van der Waals surface area contributed by atoms with Gasteiger partial charge in [-0.05, 0) is 43.2 Å². The molecule has 1 aromatic rings. The van der Waals surface area contributed by atoms with Crippen LogP contribution in [-0.4, -0.2) is 11.8 Å². The average Bonchev–Trinajstić information content (AvgIpc) is 2.17. The minimum atomic E-state index is -4.32. The van der Waals surface area contributed by atoms with E-state index < -0.39 is 11.7 Å². The molecule has 0 saturated heterocycles. The second-order valence-electron chi connectivity index (χ2n) is 2.66. The van der Waals surface area contributed by atoms with Gasteiger partial charge in [0.1, 0.15) is 0 Å². The second-order valence-corrected chi connectivity index (χ2v) is 3.05. The fraction of sp³-hybridized carbons (Fsp3) is 0.111. The Labute approximate surface area is 89.8 Å². The van der Waals surface area contributed by atoms with Gasteiger partial charge in [0.05, 0.1) is 5.56 Å². The first kappa shape index (κ1) is 11.6. The summed E-state index contributed by atoms with van der Waals surface area (Å²) in [6.07, 6.45) is -4.32. The number of hydrogen-bond donors (Lipinski definition) is 1. The van der Waals surface area contributed by atoms with Crippen molar-refractivity contribution in [1.29, 1.82) is 0 Å². The molecule has 0 atom stereocenters. The highest BCUT2D eigenvalue weighted by Gasteiger charge is 2.29. The zero-order valence-electron chi connectivity index (χ0n) is 7.51. The van der Waals surface area contributed by atoms with Gasteiger partial charge in [0, 0.05) is 5.69 Å². The maximum Gasteiger partial charge on any atom is 0.416 e. The van der Waals surface area contributed by atoms with E-state index in [0.717, 1.165) is 12.1 Å². The van der Waals surface area contributed by atoms with Crippen LogP contribution in [0.1, 0.15) is 5.56 Å². The molecule has 0 aliphatic carbocycles. The Balaban J connectivity index is 2.81. The lowest BCUT2D eigenvalue weighted by molar-refractivity contribution is -0.137. The van der Waals surface area contributed by atoms with E-state index in [0.29, 0.717) is 5.69 Å². The topological polar surface area (TPSA) is 24.4 Å². The van der Waals surface area contributed by atoms with E-state index in [2.05, 4.69) is 29.2 Å². The smallest absolute Gasteiger partial charge is 0.331 e. The summed E-state index contributed by atoms with van der Waals surface area (Å²) in [5.74, 6) is 0. The Hall–Kier alpha value is -1.43. The molecule has 1 rings (SSSR count). The molecule has 1 N–H and O–H groups in total. The van der Waals surface area contributed by atoms with Crippen LogP contribution in [0.25, 0.3) is 0 Å². The molecule has 15 heavy (non-hydrogen) atoms. The van der Waals surface area contributed by atoms with Crippen molar-refractivity contribution in [3.8, 4) is 0 Å². The molecule has 0 heterocycles. The first-order valence-corrected chi connectivity index (χ1v) is 4.29. The molecular formula is C9H7F3N2S. The molecule has 1 aromatic carbocycles. The van der Waals surface area contributed by atoms with Crippen molar-refractivity contribution in [2.45, 2.75) is 6.18 Å². The van der Waals surface area contributed by atoms with Crippen molar-refractivity contribution in [2.24, 2.45) is 4.99 Å². The van der Waals surface area contributed by atoms with E-state index in [1.807, 2.05) is 0 Å². The molecule has 0 bridgehead atoms. The lowest BCUT2D eigenvalue weighted by Crippen LogP contribution is -2.07. The van der Waals surface area contributed by atoms with Crippen LogP contribution in [0, 0.1) is 0 Å². The molecule has 0 saturated carbocycles. The molecule has 0 fully saturated rings. The van der Waals surface area contributed by atoms with E-state index in [1.165, 1.54) is 12.1 Å². The zero-order chi connectivity index (χ0) is 11.5. The summed E-state index contributed by atoms with van der Waals surface area (Å²) in [5, 5.41) is 2.73. The summed E-state index contributed by atoms with van der Waals surface area (Å²) in [7, 11) is 0. The Morgan fingerprint density at radius 2 is 1.80 bits per heavy atom. The van der Waals surface area contributed by atoms with Gasteiger partial charge in [-0.1, -0.05) is 0 Å². The van der Waals surface area contributed by atoms with E-state index in [-0.39, 0.29) is 5.11 Å². The number of halogens is 3. The van der Waals surface area contributed by atoms with Gasteiger partial charge in [0.15, 0.2) is 5.11 Å². The third-order valence-electron chi connectivity index (χ3n) is 1.61. The first-order valence-electron chi connectivity index (χ1n) is 3.88. The van der Waals surface area contributed by atoms with Crippen molar-refractivity contribution >= 4 is 29.7 Å². The van der Waals surface area contributed by atoms with Crippen LogP contribution >= 0.6 is 12.2 Å². The van der Waals surface area contributed by atoms with Gasteiger partial charge >= 0.3 is 6.18 Å². The van der Waals surface area contributed by atoms with Crippen molar-refractivity contribution in [3.63, 3.8) is 0 Å². The number of rotatable bonds is 1. The predicted molar refractivity (Wildman–Crippen MR) is 57.2 cm³/mol. The maximum atomic E-state index is 12.2. The molecule has 0 radical (unpaired) electrons. The number of nitrogens with one attached hydrogen (secondary N) is 1. The molecule has 0 spiro atoms. The highest BCUT2D eigenvalue weighted by molar-refractivity contribution is 7.80. The van der Waals surface area contributed by atoms with Crippen molar-refractivity contribution < 1.29 is 13.2 Å². The van der Waals surface area contributed by atoms with Gasteiger partial charge in [-0.15, -0.1) is 0 Å².